The Labute approximate surface area is 111 Å². The highest BCUT2D eigenvalue weighted by Gasteiger charge is 2.39. The largest absolute Gasteiger partial charge is 0.493 e. The Hall–Kier alpha value is -1.23. The van der Waals surface area contributed by atoms with Crippen molar-refractivity contribution >= 4 is 0 Å². The van der Waals surface area contributed by atoms with Gasteiger partial charge in [0.2, 0.25) is 0 Å². The summed E-state index contributed by atoms with van der Waals surface area (Å²) in [6.45, 7) is 5.70. The van der Waals surface area contributed by atoms with Gasteiger partial charge in [-0.1, -0.05) is 26.0 Å². The van der Waals surface area contributed by atoms with Crippen LogP contribution in [-0.2, 0) is 5.60 Å². The van der Waals surface area contributed by atoms with Crippen LogP contribution in [0.1, 0.15) is 32.8 Å². The molecule has 0 spiro atoms. The Balaban J connectivity index is 2.75. The van der Waals surface area contributed by atoms with Crippen LogP contribution in [0.15, 0.2) is 24.3 Å². The lowest BCUT2D eigenvalue weighted by Gasteiger charge is -2.25. The summed E-state index contributed by atoms with van der Waals surface area (Å²) in [7, 11) is 0. The van der Waals surface area contributed by atoms with Crippen molar-refractivity contribution in [2.45, 2.75) is 39.0 Å². The molecule has 0 aliphatic carbocycles. The first-order valence-corrected chi connectivity index (χ1v) is 6.12. The maximum Gasteiger partial charge on any atom is 0.392 e. The minimum absolute atomic E-state index is 0.224. The topological polar surface area (TPSA) is 29.5 Å². The maximum absolute atomic E-state index is 12.3. The molecular formula is C14H19F3O2. The fourth-order valence-electron chi connectivity index (χ4n) is 1.67. The third-order valence-corrected chi connectivity index (χ3v) is 2.60. The lowest BCUT2D eigenvalue weighted by Crippen LogP contribution is -2.28. The number of hydrogen-bond acceptors (Lipinski definition) is 2. The predicted octanol–water partition coefficient (Wildman–Crippen LogP) is 3.88. The Morgan fingerprint density at radius 3 is 2.11 bits per heavy atom. The van der Waals surface area contributed by atoms with E-state index < -0.39 is 18.2 Å². The van der Waals surface area contributed by atoms with Crippen LogP contribution in [0.2, 0.25) is 0 Å². The van der Waals surface area contributed by atoms with E-state index in [1.807, 2.05) is 13.8 Å². The molecule has 0 aromatic heterocycles. The molecule has 0 aliphatic heterocycles. The first-order chi connectivity index (χ1) is 8.60. The summed E-state index contributed by atoms with van der Waals surface area (Å²) in [5.41, 5.74) is -1.70. The second-order valence-electron chi connectivity index (χ2n) is 5.30. The molecule has 0 saturated heterocycles. The highest BCUT2D eigenvalue weighted by atomic mass is 19.4. The Morgan fingerprint density at radius 2 is 1.68 bits per heavy atom. The van der Waals surface area contributed by atoms with Crippen LogP contribution in [-0.4, -0.2) is 17.9 Å². The molecule has 1 N–H and O–H groups in total. The summed E-state index contributed by atoms with van der Waals surface area (Å²) < 4.78 is 42.5. The van der Waals surface area contributed by atoms with Crippen molar-refractivity contribution in [1.29, 1.82) is 0 Å². The van der Waals surface area contributed by atoms with E-state index in [-0.39, 0.29) is 5.56 Å². The molecule has 19 heavy (non-hydrogen) atoms. The molecule has 108 valence electrons. The van der Waals surface area contributed by atoms with Gasteiger partial charge >= 0.3 is 6.18 Å². The minimum Gasteiger partial charge on any atom is -0.493 e. The molecule has 2 nitrogen and oxygen atoms in total. The third kappa shape index (κ3) is 5.51. The van der Waals surface area contributed by atoms with Gasteiger partial charge in [0.1, 0.15) is 5.75 Å². The van der Waals surface area contributed by atoms with E-state index in [2.05, 4.69) is 0 Å². The average molecular weight is 276 g/mol. The molecule has 1 atom stereocenters. The van der Waals surface area contributed by atoms with E-state index in [1.54, 1.807) is 12.1 Å². The van der Waals surface area contributed by atoms with Gasteiger partial charge in [-0.25, -0.2) is 0 Å². The third-order valence-electron chi connectivity index (χ3n) is 2.60. The lowest BCUT2D eigenvalue weighted by atomic mass is 9.92. The van der Waals surface area contributed by atoms with Gasteiger partial charge in [0, 0.05) is 0 Å². The van der Waals surface area contributed by atoms with Crippen LogP contribution in [0, 0.1) is 5.92 Å². The summed E-state index contributed by atoms with van der Waals surface area (Å²) in [6.07, 6.45) is -5.68. The van der Waals surface area contributed by atoms with Gasteiger partial charge in [0.15, 0.2) is 0 Å². The number of aliphatic hydroxyl groups is 1. The number of benzene rings is 1. The van der Waals surface area contributed by atoms with E-state index in [1.165, 1.54) is 12.1 Å². The summed E-state index contributed by atoms with van der Waals surface area (Å²) >= 11 is 0. The van der Waals surface area contributed by atoms with Gasteiger partial charge in [-0.05, 0) is 30.5 Å². The molecule has 1 aromatic carbocycles. The summed E-state index contributed by atoms with van der Waals surface area (Å²) in [4.78, 5) is 0. The van der Waals surface area contributed by atoms with Gasteiger partial charge in [0.25, 0.3) is 0 Å². The zero-order valence-electron chi connectivity index (χ0n) is 11.3. The molecule has 0 aliphatic rings. The fraction of sp³-hybridized carbons (Fsp3) is 0.571. The molecule has 0 heterocycles. The summed E-state index contributed by atoms with van der Waals surface area (Å²) in [5.74, 6) is 0.952. The smallest absolute Gasteiger partial charge is 0.392 e. The maximum atomic E-state index is 12.3. The predicted molar refractivity (Wildman–Crippen MR) is 67.0 cm³/mol. The van der Waals surface area contributed by atoms with Crippen molar-refractivity contribution in [3.63, 3.8) is 0 Å². The van der Waals surface area contributed by atoms with Crippen molar-refractivity contribution in [1.82, 2.24) is 0 Å². The van der Waals surface area contributed by atoms with E-state index in [0.717, 1.165) is 6.92 Å². The van der Waals surface area contributed by atoms with Crippen LogP contribution < -0.4 is 4.74 Å². The molecule has 1 aromatic rings. The van der Waals surface area contributed by atoms with Crippen LogP contribution in [0.3, 0.4) is 0 Å². The number of halogens is 3. The van der Waals surface area contributed by atoms with Crippen molar-refractivity contribution < 1.29 is 23.0 Å². The van der Waals surface area contributed by atoms with Gasteiger partial charge in [0.05, 0.1) is 18.6 Å². The van der Waals surface area contributed by atoms with Gasteiger partial charge in [-0.15, -0.1) is 0 Å². The van der Waals surface area contributed by atoms with Crippen LogP contribution in [0.5, 0.6) is 5.75 Å². The molecule has 5 heteroatoms. The van der Waals surface area contributed by atoms with Gasteiger partial charge in [-0.3, -0.25) is 0 Å². The first-order valence-electron chi connectivity index (χ1n) is 6.12. The van der Waals surface area contributed by atoms with E-state index >= 15 is 0 Å². The van der Waals surface area contributed by atoms with Gasteiger partial charge in [-0.2, -0.15) is 13.2 Å². The van der Waals surface area contributed by atoms with E-state index in [9.17, 15) is 18.3 Å². The molecule has 1 unspecified atom stereocenters. The van der Waals surface area contributed by atoms with Crippen molar-refractivity contribution in [3.8, 4) is 5.75 Å². The second-order valence-corrected chi connectivity index (χ2v) is 5.30. The standard InChI is InChI=1S/C14H19F3O2/c1-10(2)8-19-12-6-4-11(5-7-12)13(3,18)9-14(15,16)17/h4-7,10,18H,8-9H2,1-3H3. The minimum atomic E-state index is -4.41. The zero-order chi connectivity index (χ0) is 14.7. The SMILES string of the molecule is CC(C)COc1ccc(C(C)(O)CC(F)(F)F)cc1. The van der Waals surface area contributed by atoms with Crippen LogP contribution in [0.25, 0.3) is 0 Å². The average Bonchev–Trinajstić information content (AvgIpc) is 2.23. The molecule has 1 rings (SSSR count). The zero-order valence-corrected chi connectivity index (χ0v) is 11.3. The Kier molecular flexibility index (Phi) is 4.85. The fourth-order valence-corrected chi connectivity index (χ4v) is 1.67. The number of rotatable bonds is 5. The monoisotopic (exact) mass is 276 g/mol. The number of alkyl halides is 3. The molecule has 0 amide bonds. The van der Waals surface area contributed by atoms with Crippen LogP contribution in [0.4, 0.5) is 13.2 Å². The first kappa shape index (κ1) is 15.8. The number of ether oxygens (including phenoxy) is 1. The number of hydrogen-bond donors (Lipinski definition) is 1. The lowest BCUT2D eigenvalue weighted by molar-refractivity contribution is -0.174. The summed E-state index contributed by atoms with van der Waals surface area (Å²) in [6, 6.07) is 6.06. The molecular weight excluding hydrogens is 257 g/mol. The van der Waals surface area contributed by atoms with Crippen LogP contribution >= 0.6 is 0 Å². The molecule has 0 radical (unpaired) electrons. The highest BCUT2D eigenvalue weighted by Crippen LogP contribution is 2.34. The van der Waals surface area contributed by atoms with E-state index in [0.29, 0.717) is 18.3 Å². The quantitative estimate of drug-likeness (QED) is 0.884. The Morgan fingerprint density at radius 1 is 1.16 bits per heavy atom. The molecule has 0 fully saturated rings. The van der Waals surface area contributed by atoms with Gasteiger partial charge < -0.3 is 9.84 Å². The second kappa shape index (κ2) is 5.82. The highest BCUT2D eigenvalue weighted by molar-refractivity contribution is 5.30. The van der Waals surface area contributed by atoms with E-state index in [4.69, 9.17) is 4.74 Å². The normalized spacial score (nSPS) is 15.4. The molecule has 0 bridgehead atoms. The Bertz CT molecular complexity index is 394. The van der Waals surface area contributed by atoms with Crippen molar-refractivity contribution in [2.24, 2.45) is 5.92 Å². The van der Waals surface area contributed by atoms with Crippen molar-refractivity contribution in [2.75, 3.05) is 6.61 Å². The van der Waals surface area contributed by atoms with Crippen molar-refractivity contribution in [3.05, 3.63) is 29.8 Å². The summed E-state index contributed by atoms with van der Waals surface area (Å²) in [5, 5.41) is 9.87. The molecule has 0 saturated carbocycles.